The van der Waals surface area contributed by atoms with Crippen molar-refractivity contribution in [1.29, 1.82) is 0 Å². The number of pyridine rings is 1. The van der Waals surface area contributed by atoms with E-state index in [0.29, 0.717) is 17.5 Å². The Bertz CT molecular complexity index is 1860. The Morgan fingerprint density at radius 1 is 0.350 bits per heavy atom. The molecule has 5 aromatic carbocycles. The van der Waals surface area contributed by atoms with Gasteiger partial charge in [-0.05, 0) is 45.2 Å². The van der Waals surface area contributed by atoms with Crippen molar-refractivity contribution in [3.63, 3.8) is 0 Å². The van der Waals surface area contributed by atoms with Gasteiger partial charge < -0.3 is 0 Å². The van der Waals surface area contributed by atoms with Gasteiger partial charge in [0.2, 0.25) is 0 Å². The fourth-order valence-electron chi connectivity index (χ4n) is 5.08. The van der Waals surface area contributed by atoms with E-state index in [1.165, 1.54) is 21.9 Å². The number of benzene rings is 5. The fourth-order valence-corrected chi connectivity index (χ4v) is 5.08. The van der Waals surface area contributed by atoms with Gasteiger partial charge in [0, 0.05) is 29.1 Å². The summed E-state index contributed by atoms with van der Waals surface area (Å²) in [7, 11) is 0. The molecule has 4 nitrogen and oxygen atoms in total. The molecule has 0 saturated heterocycles. The molecule has 188 valence electrons. The van der Waals surface area contributed by atoms with E-state index < -0.39 is 0 Å². The van der Waals surface area contributed by atoms with Crippen molar-refractivity contribution in [3.05, 3.63) is 146 Å². The zero-order valence-corrected chi connectivity index (χ0v) is 21.6. The van der Waals surface area contributed by atoms with Crippen LogP contribution in [0.1, 0.15) is 0 Å². The van der Waals surface area contributed by atoms with Gasteiger partial charge in [0.15, 0.2) is 17.5 Å². The van der Waals surface area contributed by atoms with E-state index in [-0.39, 0.29) is 0 Å². The van der Waals surface area contributed by atoms with Crippen LogP contribution >= 0.6 is 0 Å². The van der Waals surface area contributed by atoms with Crippen molar-refractivity contribution in [2.24, 2.45) is 0 Å². The zero-order chi connectivity index (χ0) is 26.7. The van der Waals surface area contributed by atoms with E-state index in [1.54, 1.807) is 0 Å². The smallest absolute Gasteiger partial charge is 0.164 e. The van der Waals surface area contributed by atoms with Gasteiger partial charge in [0.25, 0.3) is 0 Å². The first kappa shape index (κ1) is 23.6. The van der Waals surface area contributed by atoms with Crippen molar-refractivity contribution in [2.45, 2.75) is 0 Å². The maximum Gasteiger partial charge on any atom is 0.164 e. The van der Waals surface area contributed by atoms with Crippen LogP contribution in [0.5, 0.6) is 0 Å². The molecule has 0 unspecified atom stereocenters. The maximum atomic E-state index is 4.89. The zero-order valence-electron chi connectivity index (χ0n) is 21.6. The molecule has 2 aromatic heterocycles. The molecular formula is C36H24N4. The number of rotatable bonds is 5. The molecule has 0 aliphatic rings. The third-order valence-corrected chi connectivity index (χ3v) is 7.05. The molecule has 0 atom stereocenters. The molecule has 0 amide bonds. The highest BCUT2D eigenvalue weighted by Gasteiger charge is 2.15. The van der Waals surface area contributed by atoms with E-state index in [9.17, 15) is 0 Å². The third-order valence-electron chi connectivity index (χ3n) is 7.05. The van der Waals surface area contributed by atoms with Crippen molar-refractivity contribution >= 4 is 10.8 Å². The molecule has 0 fully saturated rings. The Morgan fingerprint density at radius 3 is 1.45 bits per heavy atom. The van der Waals surface area contributed by atoms with Crippen LogP contribution in [0.4, 0.5) is 0 Å². The van der Waals surface area contributed by atoms with Gasteiger partial charge >= 0.3 is 0 Å². The van der Waals surface area contributed by atoms with E-state index in [0.717, 1.165) is 27.8 Å². The Hall–Kier alpha value is -5.48. The molecule has 0 N–H and O–H groups in total. The van der Waals surface area contributed by atoms with Crippen molar-refractivity contribution in [1.82, 2.24) is 19.9 Å². The Labute approximate surface area is 232 Å². The van der Waals surface area contributed by atoms with Gasteiger partial charge in [-0.1, -0.05) is 121 Å². The molecule has 0 saturated carbocycles. The van der Waals surface area contributed by atoms with Crippen molar-refractivity contribution in [3.8, 4) is 56.4 Å². The van der Waals surface area contributed by atoms with Gasteiger partial charge in [0.05, 0.1) is 0 Å². The van der Waals surface area contributed by atoms with Crippen LogP contribution in [0.25, 0.3) is 67.2 Å². The lowest BCUT2D eigenvalue weighted by atomic mass is 9.90. The quantitative estimate of drug-likeness (QED) is 0.231. The molecule has 40 heavy (non-hydrogen) atoms. The summed E-state index contributed by atoms with van der Waals surface area (Å²) in [6, 6.07) is 45.7. The Balaban J connectivity index is 1.37. The topological polar surface area (TPSA) is 51.6 Å². The first-order valence-electron chi connectivity index (χ1n) is 13.2. The lowest BCUT2D eigenvalue weighted by Crippen LogP contribution is -2.00. The monoisotopic (exact) mass is 512 g/mol. The Morgan fingerprint density at radius 2 is 0.850 bits per heavy atom. The van der Waals surface area contributed by atoms with Crippen LogP contribution in [-0.4, -0.2) is 19.9 Å². The van der Waals surface area contributed by atoms with Crippen LogP contribution in [0.3, 0.4) is 0 Å². The van der Waals surface area contributed by atoms with E-state index in [1.807, 2.05) is 73.1 Å². The van der Waals surface area contributed by atoms with E-state index in [4.69, 9.17) is 15.0 Å². The van der Waals surface area contributed by atoms with Crippen LogP contribution in [0, 0.1) is 0 Å². The molecule has 2 heterocycles. The summed E-state index contributed by atoms with van der Waals surface area (Å²) in [5, 5.41) is 2.42. The minimum absolute atomic E-state index is 0.645. The van der Waals surface area contributed by atoms with E-state index >= 15 is 0 Å². The predicted octanol–water partition coefficient (Wildman–Crippen LogP) is 8.75. The standard InChI is InChI=1S/C36H24N4/c1-3-10-28(11-4-1)34-38-35(29-12-5-2-6-13-29)40-36(39-34)30-17-15-27(16-18-30)33-31-14-8-7-9-25(31)19-20-32(33)26-21-23-37-24-22-26/h1-24H. The molecule has 0 bridgehead atoms. The van der Waals surface area contributed by atoms with Crippen molar-refractivity contribution < 1.29 is 0 Å². The second-order valence-corrected chi connectivity index (χ2v) is 9.56. The molecule has 0 aliphatic carbocycles. The Kier molecular flexibility index (Phi) is 6.11. The number of aromatic nitrogens is 4. The summed E-state index contributed by atoms with van der Waals surface area (Å²) < 4.78 is 0. The second kappa shape index (κ2) is 10.4. The average molecular weight is 513 g/mol. The molecule has 7 rings (SSSR count). The summed E-state index contributed by atoms with van der Waals surface area (Å²) in [4.78, 5) is 18.8. The highest BCUT2D eigenvalue weighted by Crippen LogP contribution is 2.38. The summed E-state index contributed by atoms with van der Waals surface area (Å²) in [5.41, 5.74) is 7.49. The summed E-state index contributed by atoms with van der Waals surface area (Å²) >= 11 is 0. The summed E-state index contributed by atoms with van der Waals surface area (Å²) in [6.45, 7) is 0. The number of hydrogen-bond donors (Lipinski definition) is 0. The third kappa shape index (κ3) is 4.52. The van der Waals surface area contributed by atoms with Crippen molar-refractivity contribution in [2.75, 3.05) is 0 Å². The fraction of sp³-hybridized carbons (Fsp3) is 0. The van der Waals surface area contributed by atoms with Gasteiger partial charge in [0.1, 0.15) is 0 Å². The number of nitrogens with zero attached hydrogens (tertiary/aromatic N) is 4. The highest BCUT2D eigenvalue weighted by atomic mass is 15.0. The SMILES string of the molecule is c1ccc(-c2nc(-c3ccccc3)nc(-c3ccc(-c4c(-c5ccncc5)ccc5ccccc45)cc3)n2)cc1. The lowest BCUT2D eigenvalue weighted by Gasteiger charge is -2.15. The molecule has 4 heteroatoms. The summed E-state index contributed by atoms with van der Waals surface area (Å²) in [6.07, 6.45) is 3.68. The molecule has 0 spiro atoms. The number of fused-ring (bicyclic) bond motifs is 1. The van der Waals surface area contributed by atoms with Crippen LogP contribution in [-0.2, 0) is 0 Å². The van der Waals surface area contributed by atoms with Crippen LogP contribution < -0.4 is 0 Å². The number of hydrogen-bond acceptors (Lipinski definition) is 4. The first-order chi connectivity index (χ1) is 19.8. The van der Waals surface area contributed by atoms with Gasteiger partial charge in [-0.15, -0.1) is 0 Å². The second-order valence-electron chi connectivity index (χ2n) is 9.56. The molecule has 0 aliphatic heterocycles. The van der Waals surface area contributed by atoms with Gasteiger partial charge in [-0.2, -0.15) is 0 Å². The largest absolute Gasteiger partial charge is 0.265 e. The van der Waals surface area contributed by atoms with Crippen LogP contribution in [0.2, 0.25) is 0 Å². The molecule has 0 radical (unpaired) electrons. The first-order valence-corrected chi connectivity index (χ1v) is 13.2. The molecule has 7 aromatic rings. The maximum absolute atomic E-state index is 4.89. The van der Waals surface area contributed by atoms with Gasteiger partial charge in [-0.25, -0.2) is 15.0 Å². The summed E-state index contributed by atoms with van der Waals surface area (Å²) in [5.74, 6) is 1.96. The normalized spacial score (nSPS) is 11.0. The molecular weight excluding hydrogens is 488 g/mol. The minimum Gasteiger partial charge on any atom is -0.265 e. The minimum atomic E-state index is 0.645. The average Bonchev–Trinajstić information content (AvgIpc) is 3.05. The highest BCUT2D eigenvalue weighted by molar-refractivity contribution is 6.04. The van der Waals surface area contributed by atoms with Crippen LogP contribution in [0.15, 0.2) is 146 Å². The lowest BCUT2D eigenvalue weighted by molar-refractivity contribution is 1.07. The van der Waals surface area contributed by atoms with Gasteiger partial charge in [-0.3, -0.25) is 4.98 Å². The van der Waals surface area contributed by atoms with E-state index in [2.05, 4.69) is 77.8 Å². The predicted molar refractivity (Wildman–Crippen MR) is 162 cm³/mol.